The molecule has 0 aliphatic heterocycles. The van der Waals surface area contributed by atoms with Crippen LogP contribution in [0.2, 0.25) is 0 Å². The zero-order valence-corrected chi connectivity index (χ0v) is 14.4. The van der Waals surface area contributed by atoms with Crippen LogP contribution in [0, 0.1) is 0 Å². The van der Waals surface area contributed by atoms with Gasteiger partial charge in [-0.05, 0) is 32.4 Å². The lowest BCUT2D eigenvalue weighted by Gasteiger charge is -2.16. The SMILES string of the molecule is CCCC[C@H](NC(=O)c1ccccc1S(=O)(=O)C(C)C)C(=O)O. The molecule has 7 heteroatoms. The van der Waals surface area contributed by atoms with E-state index in [2.05, 4.69) is 5.32 Å². The molecule has 6 nitrogen and oxygen atoms in total. The van der Waals surface area contributed by atoms with Crippen LogP contribution >= 0.6 is 0 Å². The lowest BCUT2D eigenvalue weighted by atomic mass is 10.1. The Morgan fingerprint density at radius 1 is 1.22 bits per heavy atom. The van der Waals surface area contributed by atoms with E-state index in [4.69, 9.17) is 0 Å². The van der Waals surface area contributed by atoms with Crippen molar-refractivity contribution in [3.63, 3.8) is 0 Å². The van der Waals surface area contributed by atoms with E-state index in [1.807, 2.05) is 6.92 Å². The van der Waals surface area contributed by atoms with Crippen LogP contribution < -0.4 is 5.32 Å². The monoisotopic (exact) mass is 341 g/mol. The Bertz CT molecular complexity index is 667. The molecule has 1 aromatic rings. The van der Waals surface area contributed by atoms with Gasteiger partial charge in [-0.2, -0.15) is 0 Å². The summed E-state index contributed by atoms with van der Waals surface area (Å²) in [7, 11) is -3.63. The van der Waals surface area contributed by atoms with Gasteiger partial charge in [0, 0.05) is 0 Å². The fourth-order valence-electron chi connectivity index (χ4n) is 2.06. The van der Waals surface area contributed by atoms with Crippen molar-refractivity contribution < 1.29 is 23.1 Å². The van der Waals surface area contributed by atoms with Crippen LogP contribution in [-0.2, 0) is 14.6 Å². The Morgan fingerprint density at radius 2 is 1.83 bits per heavy atom. The Hall–Kier alpha value is -1.89. The van der Waals surface area contributed by atoms with Crippen LogP contribution in [0.1, 0.15) is 50.4 Å². The molecule has 0 aliphatic rings. The van der Waals surface area contributed by atoms with E-state index in [9.17, 15) is 23.1 Å². The van der Waals surface area contributed by atoms with E-state index >= 15 is 0 Å². The molecule has 0 spiro atoms. The van der Waals surface area contributed by atoms with Gasteiger partial charge in [-0.1, -0.05) is 31.9 Å². The van der Waals surface area contributed by atoms with Crippen LogP contribution in [0.15, 0.2) is 29.2 Å². The molecule has 0 unspecified atom stereocenters. The van der Waals surface area contributed by atoms with Gasteiger partial charge in [0.1, 0.15) is 6.04 Å². The molecule has 0 fully saturated rings. The molecule has 128 valence electrons. The first-order valence-corrected chi connectivity index (χ1v) is 9.13. The van der Waals surface area contributed by atoms with E-state index in [-0.39, 0.29) is 10.5 Å². The molecule has 0 radical (unpaired) electrons. The second kappa shape index (κ2) is 8.10. The van der Waals surface area contributed by atoms with Crippen molar-refractivity contribution in [2.24, 2.45) is 0 Å². The minimum atomic E-state index is -3.63. The molecule has 0 aliphatic carbocycles. The molecule has 1 amide bonds. The average Bonchev–Trinajstić information content (AvgIpc) is 2.50. The summed E-state index contributed by atoms with van der Waals surface area (Å²) in [5.74, 6) is -1.82. The topological polar surface area (TPSA) is 101 Å². The predicted octanol–water partition coefficient (Wildman–Crippen LogP) is 2.24. The number of rotatable bonds is 8. The van der Waals surface area contributed by atoms with Crippen LogP contribution in [-0.4, -0.2) is 36.7 Å². The lowest BCUT2D eigenvalue weighted by Crippen LogP contribution is -2.41. The number of carboxylic acid groups (broad SMARTS) is 1. The van der Waals surface area contributed by atoms with Gasteiger partial charge in [0.05, 0.1) is 15.7 Å². The third kappa shape index (κ3) is 4.79. The van der Waals surface area contributed by atoms with Gasteiger partial charge in [-0.3, -0.25) is 4.79 Å². The Labute approximate surface area is 136 Å². The maximum absolute atomic E-state index is 12.4. The van der Waals surface area contributed by atoms with Crippen molar-refractivity contribution in [3.8, 4) is 0 Å². The molecule has 1 atom stereocenters. The van der Waals surface area contributed by atoms with E-state index in [1.54, 1.807) is 6.07 Å². The molecule has 1 rings (SSSR count). The second-order valence-electron chi connectivity index (χ2n) is 5.60. The third-order valence-electron chi connectivity index (χ3n) is 3.51. The number of benzene rings is 1. The van der Waals surface area contributed by atoms with Gasteiger partial charge in [-0.25, -0.2) is 13.2 Å². The fraction of sp³-hybridized carbons (Fsp3) is 0.500. The molecule has 0 aromatic heterocycles. The van der Waals surface area contributed by atoms with Crippen molar-refractivity contribution in [3.05, 3.63) is 29.8 Å². The summed E-state index contributed by atoms with van der Waals surface area (Å²) in [6.45, 7) is 4.99. The zero-order valence-electron chi connectivity index (χ0n) is 13.6. The largest absolute Gasteiger partial charge is 0.480 e. The zero-order chi connectivity index (χ0) is 17.6. The smallest absolute Gasteiger partial charge is 0.326 e. The highest BCUT2D eigenvalue weighted by molar-refractivity contribution is 7.92. The molecule has 23 heavy (non-hydrogen) atoms. The molecular weight excluding hydrogens is 318 g/mol. The van der Waals surface area contributed by atoms with Crippen LogP contribution in [0.4, 0.5) is 0 Å². The maximum Gasteiger partial charge on any atom is 0.326 e. The van der Waals surface area contributed by atoms with Gasteiger partial charge in [0.2, 0.25) is 0 Å². The predicted molar refractivity (Wildman–Crippen MR) is 87.2 cm³/mol. The number of carbonyl (C=O) groups excluding carboxylic acids is 1. The van der Waals surface area contributed by atoms with Crippen molar-refractivity contribution in [2.75, 3.05) is 0 Å². The summed E-state index contributed by atoms with van der Waals surface area (Å²) < 4.78 is 24.7. The highest BCUT2D eigenvalue weighted by Gasteiger charge is 2.27. The van der Waals surface area contributed by atoms with Gasteiger partial charge >= 0.3 is 5.97 Å². The highest BCUT2D eigenvalue weighted by Crippen LogP contribution is 2.20. The number of carbonyl (C=O) groups is 2. The molecule has 2 N–H and O–H groups in total. The van der Waals surface area contributed by atoms with Crippen molar-refractivity contribution in [1.29, 1.82) is 0 Å². The molecule has 1 aromatic carbocycles. The van der Waals surface area contributed by atoms with Crippen LogP contribution in [0.5, 0.6) is 0 Å². The number of unbranched alkanes of at least 4 members (excludes halogenated alkanes) is 1. The summed E-state index contributed by atoms with van der Waals surface area (Å²) in [5.41, 5.74) is -0.0241. The lowest BCUT2D eigenvalue weighted by molar-refractivity contribution is -0.139. The van der Waals surface area contributed by atoms with E-state index < -0.39 is 33.0 Å². The Morgan fingerprint density at radius 3 is 2.35 bits per heavy atom. The number of sulfone groups is 1. The number of amides is 1. The standard InChI is InChI=1S/C16H23NO5S/c1-4-5-9-13(16(19)20)17-15(18)12-8-6-7-10-14(12)23(21,22)11(2)3/h6-8,10-11,13H,4-5,9H2,1-3H3,(H,17,18)(H,19,20)/t13-/m0/s1. The minimum Gasteiger partial charge on any atom is -0.480 e. The van der Waals surface area contributed by atoms with Gasteiger partial charge in [0.15, 0.2) is 9.84 Å². The Kier molecular flexibility index (Phi) is 6.75. The summed E-state index contributed by atoms with van der Waals surface area (Å²) >= 11 is 0. The molecule has 0 heterocycles. The van der Waals surface area contributed by atoms with E-state index in [1.165, 1.54) is 32.0 Å². The number of carboxylic acids is 1. The van der Waals surface area contributed by atoms with E-state index in [0.717, 1.165) is 6.42 Å². The quantitative estimate of drug-likeness (QED) is 0.755. The third-order valence-corrected chi connectivity index (χ3v) is 5.72. The number of hydrogen-bond donors (Lipinski definition) is 2. The number of nitrogens with one attached hydrogen (secondary N) is 1. The number of hydrogen-bond acceptors (Lipinski definition) is 4. The minimum absolute atomic E-state index is 0.0241. The molecule has 0 saturated carbocycles. The number of aliphatic carboxylic acids is 1. The van der Waals surface area contributed by atoms with Crippen LogP contribution in [0.3, 0.4) is 0 Å². The normalized spacial score (nSPS) is 12.9. The Balaban J connectivity index is 3.12. The first-order chi connectivity index (χ1) is 10.7. The first-order valence-electron chi connectivity index (χ1n) is 7.58. The summed E-state index contributed by atoms with van der Waals surface area (Å²) in [4.78, 5) is 23.5. The van der Waals surface area contributed by atoms with Crippen molar-refractivity contribution >= 4 is 21.7 Å². The molecule has 0 bridgehead atoms. The fourth-order valence-corrected chi connectivity index (χ4v) is 3.30. The van der Waals surface area contributed by atoms with Gasteiger partial charge < -0.3 is 10.4 Å². The summed E-state index contributed by atoms with van der Waals surface area (Å²) in [5, 5.41) is 10.9. The molecule has 0 saturated heterocycles. The average molecular weight is 341 g/mol. The van der Waals surface area contributed by atoms with Gasteiger partial charge in [-0.15, -0.1) is 0 Å². The van der Waals surface area contributed by atoms with Crippen molar-refractivity contribution in [1.82, 2.24) is 5.32 Å². The van der Waals surface area contributed by atoms with Crippen molar-refractivity contribution in [2.45, 2.75) is 56.2 Å². The van der Waals surface area contributed by atoms with E-state index in [0.29, 0.717) is 12.8 Å². The summed E-state index contributed by atoms with van der Waals surface area (Å²) in [6.07, 6.45) is 1.76. The summed E-state index contributed by atoms with van der Waals surface area (Å²) in [6, 6.07) is 4.82. The van der Waals surface area contributed by atoms with Gasteiger partial charge in [0.25, 0.3) is 5.91 Å². The van der Waals surface area contributed by atoms with Crippen LogP contribution in [0.25, 0.3) is 0 Å². The first kappa shape index (κ1) is 19.2. The second-order valence-corrected chi connectivity index (χ2v) is 8.07. The highest BCUT2D eigenvalue weighted by atomic mass is 32.2. The maximum atomic E-state index is 12.4. The molecular formula is C16H23NO5S.